The Bertz CT molecular complexity index is 2060. The molecular weight excluding hydrogens is 731 g/mol. The lowest BCUT2D eigenvalue weighted by Crippen LogP contribution is -2.63. The van der Waals surface area contributed by atoms with Crippen LogP contribution in [0.1, 0.15) is 99.2 Å². The van der Waals surface area contributed by atoms with E-state index in [1.165, 1.54) is 22.6 Å². The summed E-state index contributed by atoms with van der Waals surface area (Å²) in [5.74, 6) is 1.70. The number of carboxylic acid groups (broad SMARTS) is 1. The molecule has 1 aliphatic heterocycles. The molecule has 0 amide bonds. The molecule has 11 atom stereocenters. The number of nitrogens with two attached hydrogens (primary N) is 1. The van der Waals surface area contributed by atoms with E-state index >= 15 is 0 Å². The number of hydrogen-bond acceptors (Lipinski definition) is 9. The average Bonchev–Trinajstić information content (AvgIpc) is 3.73. The zero-order valence-corrected chi connectivity index (χ0v) is 33.3. The first kappa shape index (κ1) is 40.1. The smallest absolute Gasteiger partial charge is 0.328 e. The van der Waals surface area contributed by atoms with E-state index in [1.807, 2.05) is 18.3 Å². The minimum absolute atomic E-state index is 0.0100. The SMILES string of the molecule is NC1=N[C@H](/C(=C\C(=O)O)[C@]2(Nc3ccc[nH]3)CC[C@H]3C[C@@H]2[C@H]2[C@@H]4C=C[C@H](CCCCC[C@H](C=O)CCCO)[C@H]2c2cc5cc(CC=O)ccc5cc2[C@H]34)C[C@H](CO)N1. The monoisotopic (exact) mass is 789 g/mol. The number of nitrogens with zero attached hydrogens (tertiary/aromatic N) is 1. The summed E-state index contributed by atoms with van der Waals surface area (Å²) in [6.07, 6.45) is 19.9. The van der Waals surface area contributed by atoms with Gasteiger partial charge in [-0.1, -0.05) is 61.7 Å². The van der Waals surface area contributed by atoms with Crippen LogP contribution in [0.3, 0.4) is 0 Å². The summed E-state index contributed by atoms with van der Waals surface area (Å²) >= 11 is 0. The van der Waals surface area contributed by atoms with Crippen molar-refractivity contribution in [2.45, 2.75) is 107 Å². The number of aromatic amines is 1. The second-order valence-corrected chi connectivity index (χ2v) is 17.7. The molecule has 308 valence electrons. The summed E-state index contributed by atoms with van der Waals surface area (Å²) in [6.45, 7) is -0.0360. The van der Waals surface area contributed by atoms with Crippen LogP contribution in [0.4, 0.5) is 5.82 Å². The number of nitrogens with one attached hydrogen (secondary N) is 3. The maximum absolute atomic E-state index is 12.9. The van der Waals surface area contributed by atoms with Crippen molar-refractivity contribution in [3.63, 3.8) is 0 Å². The topological polar surface area (TPSA) is 190 Å². The zero-order valence-electron chi connectivity index (χ0n) is 33.3. The van der Waals surface area contributed by atoms with Crippen LogP contribution in [0, 0.1) is 35.5 Å². The van der Waals surface area contributed by atoms with Crippen LogP contribution >= 0.6 is 0 Å². The van der Waals surface area contributed by atoms with Crippen molar-refractivity contribution in [3.8, 4) is 0 Å². The number of aliphatic hydroxyl groups is 2. The minimum atomic E-state index is -1.02. The average molecular weight is 790 g/mol. The first-order valence-electron chi connectivity index (χ1n) is 21.6. The number of hydrogen-bond donors (Lipinski definition) is 7. The second-order valence-electron chi connectivity index (χ2n) is 17.7. The van der Waals surface area contributed by atoms with Gasteiger partial charge in [0.1, 0.15) is 18.4 Å². The number of allylic oxidation sites excluding steroid dienone is 2. The molecule has 8 rings (SSSR count). The normalized spacial score (nSPS) is 31.4. The van der Waals surface area contributed by atoms with Crippen LogP contribution in [0.15, 0.2) is 77.5 Å². The summed E-state index contributed by atoms with van der Waals surface area (Å²) in [7, 11) is 0. The van der Waals surface area contributed by atoms with Gasteiger partial charge in [-0.2, -0.15) is 0 Å². The standard InChI is InChI=1S/C47H59N5O6/c48-46-50-34(27-56)24-40(51-46)38(25-42(57)58)47(52-41-9-4-17-49-41)16-14-32-23-39(47)45-35-13-12-30(8-3-1-2-6-29(26-55)7-5-18-53)44(45)37-22-33-20-28(15-19-54)10-11-31(33)21-36(37)43(32)35/h4,9-13,17,19-22,25-26,29-30,32,34-35,39-40,43-45,49,52-53,56H,1-3,5-8,14-16,18,23-24,27H2,(H,57,58)(H3,48,50,51)/b38-25+/t29-,30-,32-,34+,35+,39+,40-,43+,44-,45+,47+/m0/s1. The number of aliphatic imine (C=N–C) groups is 1. The van der Waals surface area contributed by atoms with Gasteiger partial charge in [0.05, 0.1) is 24.2 Å². The van der Waals surface area contributed by atoms with Crippen molar-refractivity contribution < 1.29 is 29.7 Å². The highest BCUT2D eigenvalue weighted by Gasteiger charge is 2.63. The number of anilines is 1. The van der Waals surface area contributed by atoms with Gasteiger partial charge in [-0.25, -0.2) is 9.79 Å². The second kappa shape index (κ2) is 17.2. The third kappa shape index (κ3) is 7.63. The summed E-state index contributed by atoms with van der Waals surface area (Å²) in [5, 5.41) is 39.6. The number of aliphatic hydroxyl groups excluding tert-OH is 2. The van der Waals surface area contributed by atoms with Crippen LogP contribution in [0.5, 0.6) is 0 Å². The molecule has 2 heterocycles. The predicted molar refractivity (Wildman–Crippen MR) is 225 cm³/mol. The Hall–Kier alpha value is -4.74. The molecule has 0 unspecified atom stereocenters. The van der Waals surface area contributed by atoms with E-state index in [9.17, 15) is 29.7 Å². The van der Waals surface area contributed by atoms with E-state index in [2.05, 4.69) is 58.1 Å². The molecule has 0 radical (unpaired) electrons. The molecule has 0 saturated heterocycles. The maximum atomic E-state index is 12.9. The van der Waals surface area contributed by atoms with Crippen LogP contribution in [-0.2, 0) is 20.8 Å². The molecule has 8 N–H and O–H groups in total. The predicted octanol–water partition coefficient (Wildman–Crippen LogP) is 6.38. The third-order valence-corrected chi connectivity index (χ3v) is 14.6. The van der Waals surface area contributed by atoms with Crippen molar-refractivity contribution in [2.75, 3.05) is 18.5 Å². The molecule has 2 saturated carbocycles. The van der Waals surface area contributed by atoms with Crippen LogP contribution < -0.4 is 16.4 Å². The Morgan fingerprint density at radius 3 is 2.59 bits per heavy atom. The highest BCUT2D eigenvalue weighted by atomic mass is 16.4. The molecular formula is C47H59N5O6. The minimum Gasteiger partial charge on any atom is -0.478 e. The van der Waals surface area contributed by atoms with Crippen LogP contribution in [0.25, 0.3) is 10.8 Å². The Balaban J connectivity index is 1.23. The van der Waals surface area contributed by atoms with E-state index in [-0.39, 0.29) is 60.7 Å². The van der Waals surface area contributed by atoms with E-state index in [4.69, 9.17) is 10.7 Å². The quantitative estimate of drug-likeness (QED) is 0.0332. The van der Waals surface area contributed by atoms with Crippen LogP contribution in [0.2, 0.25) is 0 Å². The van der Waals surface area contributed by atoms with Crippen molar-refractivity contribution >= 4 is 41.1 Å². The van der Waals surface area contributed by atoms with Crippen molar-refractivity contribution in [1.82, 2.24) is 10.3 Å². The number of rotatable bonds is 18. The fraction of sp³-hybridized carbons (Fsp3) is 0.532. The zero-order chi connectivity index (χ0) is 40.4. The number of H-pyrrole nitrogens is 1. The number of carbonyl (C=O) groups excluding carboxylic acids is 2. The Morgan fingerprint density at radius 1 is 1.00 bits per heavy atom. The summed E-state index contributed by atoms with van der Waals surface area (Å²) < 4.78 is 0. The fourth-order valence-corrected chi connectivity index (χ4v) is 12.2. The number of aldehydes is 2. The van der Waals surface area contributed by atoms with Gasteiger partial charge >= 0.3 is 5.97 Å². The highest BCUT2D eigenvalue weighted by molar-refractivity contribution is 5.86. The summed E-state index contributed by atoms with van der Waals surface area (Å²) in [5.41, 5.74) is 10.1. The highest BCUT2D eigenvalue weighted by Crippen LogP contribution is 2.68. The van der Waals surface area contributed by atoms with E-state index in [0.717, 1.165) is 87.1 Å². The number of benzene rings is 2. The molecule has 4 aliphatic carbocycles. The van der Waals surface area contributed by atoms with Gasteiger partial charge in [0.25, 0.3) is 0 Å². The van der Waals surface area contributed by atoms with Crippen molar-refractivity contribution in [3.05, 3.63) is 89.2 Å². The summed E-state index contributed by atoms with van der Waals surface area (Å²) in [4.78, 5) is 44.5. The number of carboxylic acids is 1. The van der Waals surface area contributed by atoms with E-state index < -0.39 is 17.6 Å². The van der Waals surface area contributed by atoms with E-state index in [1.54, 1.807) is 0 Å². The van der Waals surface area contributed by atoms with Crippen molar-refractivity contribution in [1.29, 1.82) is 0 Å². The van der Waals surface area contributed by atoms with Gasteiger partial charge in [-0.15, -0.1) is 0 Å². The number of aliphatic carboxylic acids is 1. The lowest BCUT2D eigenvalue weighted by atomic mass is 9.41. The van der Waals surface area contributed by atoms with Gasteiger partial charge in [0, 0.05) is 31.2 Å². The number of guanidine groups is 1. The summed E-state index contributed by atoms with van der Waals surface area (Å²) in [6, 6.07) is 14.3. The number of aromatic nitrogens is 1. The Kier molecular flexibility index (Phi) is 11.9. The fourth-order valence-electron chi connectivity index (χ4n) is 12.2. The van der Waals surface area contributed by atoms with Crippen molar-refractivity contribution in [2.24, 2.45) is 46.2 Å². The first-order chi connectivity index (χ1) is 28.3. The van der Waals surface area contributed by atoms with Gasteiger partial charge in [0.15, 0.2) is 5.96 Å². The molecule has 58 heavy (non-hydrogen) atoms. The third-order valence-electron chi connectivity index (χ3n) is 14.6. The molecule has 1 aromatic heterocycles. The maximum Gasteiger partial charge on any atom is 0.328 e. The Labute approximate surface area is 340 Å². The molecule has 3 aromatic rings. The molecule has 11 nitrogen and oxygen atoms in total. The lowest BCUT2D eigenvalue weighted by Gasteiger charge is -2.65. The van der Waals surface area contributed by atoms with Gasteiger partial charge in [-0.3, -0.25) is 0 Å². The van der Waals surface area contributed by atoms with Crippen LogP contribution in [-0.4, -0.2) is 75.6 Å². The number of carbonyl (C=O) groups is 3. The van der Waals surface area contributed by atoms with E-state index in [0.29, 0.717) is 36.7 Å². The Morgan fingerprint density at radius 2 is 1.83 bits per heavy atom. The molecule has 0 spiro atoms. The van der Waals surface area contributed by atoms with Gasteiger partial charge in [-0.05, 0) is 138 Å². The lowest BCUT2D eigenvalue weighted by molar-refractivity contribution is -0.131. The molecule has 2 aromatic carbocycles. The van der Waals surface area contributed by atoms with Gasteiger partial charge in [0.2, 0.25) is 0 Å². The number of unbranched alkanes of at least 4 members (excludes halogenated alkanes) is 2. The molecule has 11 heteroatoms. The first-order valence-corrected chi connectivity index (χ1v) is 21.6. The molecule has 2 fully saturated rings. The van der Waals surface area contributed by atoms with Gasteiger partial charge < -0.3 is 46.3 Å². The molecule has 6 bridgehead atoms. The number of fused-ring (bicyclic) bond motifs is 7. The largest absolute Gasteiger partial charge is 0.478 e. The molecule has 5 aliphatic rings.